The molecule has 1 heterocycles. The number of likely N-dealkylation sites (N-methyl/N-ethyl adjacent to an activating group) is 1. The second kappa shape index (κ2) is 8.86. The van der Waals surface area contributed by atoms with E-state index in [0.29, 0.717) is 12.1 Å². The molecule has 4 heteroatoms. The maximum absolute atomic E-state index is 5.67. The summed E-state index contributed by atoms with van der Waals surface area (Å²) in [5, 5.41) is 3.63. The third kappa shape index (κ3) is 7.31. The second-order valence-corrected chi connectivity index (χ2v) is 5.80. The number of ether oxygens (including phenoxy) is 1. The molecule has 1 fully saturated rings. The van der Waals surface area contributed by atoms with E-state index >= 15 is 0 Å². The van der Waals surface area contributed by atoms with Crippen LogP contribution in [-0.4, -0.2) is 75.4 Å². The van der Waals surface area contributed by atoms with E-state index in [2.05, 4.69) is 43.1 Å². The zero-order valence-electron chi connectivity index (χ0n) is 12.6. The van der Waals surface area contributed by atoms with Crippen LogP contribution in [0.15, 0.2) is 0 Å². The van der Waals surface area contributed by atoms with E-state index in [0.717, 1.165) is 26.3 Å². The van der Waals surface area contributed by atoms with Crippen molar-refractivity contribution in [3.8, 4) is 0 Å². The lowest BCUT2D eigenvalue weighted by molar-refractivity contribution is 0.0874. The number of hydrogen-bond donors (Lipinski definition) is 1. The summed E-state index contributed by atoms with van der Waals surface area (Å²) in [4.78, 5) is 4.70. The molecule has 2 unspecified atom stereocenters. The van der Waals surface area contributed by atoms with Gasteiger partial charge in [-0.05, 0) is 53.9 Å². The summed E-state index contributed by atoms with van der Waals surface area (Å²) < 4.78 is 5.67. The van der Waals surface area contributed by atoms with Gasteiger partial charge in [-0.15, -0.1) is 0 Å². The van der Waals surface area contributed by atoms with Crippen LogP contribution < -0.4 is 5.32 Å². The molecule has 1 saturated heterocycles. The minimum Gasteiger partial charge on any atom is -0.379 e. The summed E-state index contributed by atoms with van der Waals surface area (Å²) in [6.07, 6.45) is 2.48. The van der Waals surface area contributed by atoms with Crippen LogP contribution in [0.4, 0.5) is 0 Å². The Hall–Kier alpha value is -0.160. The van der Waals surface area contributed by atoms with Gasteiger partial charge in [0.1, 0.15) is 0 Å². The first-order valence-electron chi connectivity index (χ1n) is 7.29. The quantitative estimate of drug-likeness (QED) is 0.719. The molecule has 18 heavy (non-hydrogen) atoms. The lowest BCUT2D eigenvalue weighted by Gasteiger charge is -2.30. The Morgan fingerprint density at radius 2 is 1.72 bits per heavy atom. The van der Waals surface area contributed by atoms with Gasteiger partial charge in [0.05, 0.1) is 13.2 Å². The van der Waals surface area contributed by atoms with Gasteiger partial charge in [-0.2, -0.15) is 0 Å². The highest BCUT2D eigenvalue weighted by Gasteiger charge is 2.15. The zero-order chi connectivity index (χ0) is 13.4. The Morgan fingerprint density at radius 3 is 2.28 bits per heavy atom. The van der Waals surface area contributed by atoms with Gasteiger partial charge in [-0.3, -0.25) is 0 Å². The van der Waals surface area contributed by atoms with Gasteiger partial charge in [-0.1, -0.05) is 0 Å². The van der Waals surface area contributed by atoms with Crippen molar-refractivity contribution in [2.75, 3.05) is 53.5 Å². The molecule has 0 bridgehead atoms. The largest absolute Gasteiger partial charge is 0.379 e. The molecule has 1 N–H and O–H groups in total. The average molecular weight is 257 g/mol. The van der Waals surface area contributed by atoms with Crippen LogP contribution in [0.5, 0.6) is 0 Å². The molecule has 0 saturated carbocycles. The first-order chi connectivity index (χ1) is 8.58. The van der Waals surface area contributed by atoms with Gasteiger partial charge < -0.3 is 19.9 Å². The molecule has 0 radical (unpaired) electrons. The van der Waals surface area contributed by atoms with Crippen LogP contribution in [0.1, 0.15) is 26.7 Å². The fraction of sp³-hybridized carbons (Fsp3) is 1.00. The molecule has 1 aliphatic rings. The smallest absolute Gasteiger partial charge is 0.0594 e. The van der Waals surface area contributed by atoms with Crippen LogP contribution in [-0.2, 0) is 4.74 Å². The Bertz CT molecular complexity index is 199. The molecule has 1 rings (SSSR count). The van der Waals surface area contributed by atoms with E-state index in [1.165, 1.54) is 25.9 Å². The third-order valence-corrected chi connectivity index (χ3v) is 3.56. The van der Waals surface area contributed by atoms with Crippen LogP contribution in [0.2, 0.25) is 0 Å². The molecule has 0 aromatic heterocycles. The van der Waals surface area contributed by atoms with Crippen molar-refractivity contribution >= 4 is 0 Å². The predicted molar refractivity (Wildman–Crippen MR) is 77.1 cm³/mol. The highest BCUT2D eigenvalue weighted by Crippen LogP contribution is 2.06. The van der Waals surface area contributed by atoms with E-state index < -0.39 is 0 Å². The summed E-state index contributed by atoms with van der Waals surface area (Å²) >= 11 is 0. The van der Waals surface area contributed by atoms with Gasteiger partial charge in [0.15, 0.2) is 0 Å². The summed E-state index contributed by atoms with van der Waals surface area (Å²) in [6, 6.07) is 1.27. The topological polar surface area (TPSA) is 27.7 Å². The SMILES string of the molecule is CC1CCN(CCOCCN(C)C)CCC(C)N1. The summed E-state index contributed by atoms with van der Waals surface area (Å²) in [5.74, 6) is 0. The number of hydrogen-bond acceptors (Lipinski definition) is 4. The maximum atomic E-state index is 5.67. The van der Waals surface area contributed by atoms with Crippen LogP contribution in [0.25, 0.3) is 0 Å². The fourth-order valence-electron chi connectivity index (χ4n) is 2.28. The normalized spacial score (nSPS) is 27.2. The van der Waals surface area contributed by atoms with Crippen molar-refractivity contribution in [2.24, 2.45) is 0 Å². The van der Waals surface area contributed by atoms with Crippen molar-refractivity contribution in [3.63, 3.8) is 0 Å². The van der Waals surface area contributed by atoms with Gasteiger partial charge in [0, 0.05) is 25.2 Å². The molecule has 0 aromatic carbocycles. The van der Waals surface area contributed by atoms with E-state index in [1.54, 1.807) is 0 Å². The average Bonchev–Trinajstić information content (AvgIpc) is 2.28. The Morgan fingerprint density at radius 1 is 1.11 bits per heavy atom. The Balaban J connectivity index is 2.12. The first-order valence-corrected chi connectivity index (χ1v) is 7.29. The standard InChI is InChI=1S/C14H31N3O/c1-13-5-7-17(8-6-14(2)15-13)10-12-18-11-9-16(3)4/h13-15H,5-12H2,1-4H3. The van der Waals surface area contributed by atoms with E-state index in [-0.39, 0.29) is 0 Å². The van der Waals surface area contributed by atoms with Crippen molar-refractivity contribution in [1.29, 1.82) is 0 Å². The Kier molecular flexibility index (Phi) is 7.82. The molecule has 0 aliphatic carbocycles. The maximum Gasteiger partial charge on any atom is 0.0594 e. The van der Waals surface area contributed by atoms with Gasteiger partial charge >= 0.3 is 0 Å². The molecule has 108 valence electrons. The summed E-state index contributed by atoms with van der Waals surface area (Å²) in [7, 11) is 4.16. The molecule has 4 nitrogen and oxygen atoms in total. The van der Waals surface area contributed by atoms with Crippen LogP contribution in [0.3, 0.4) is 0 Å². The Labute approximate surface area is 113 Å². The second-order valence-electron chi connectivity index (χ2n) is 5.80. The van der Waals surface area contributed by atoms with Gasteiger partial charge in [0.2, 0.25) is 0 Å². The van der Waals surface area contributed by atoms with E-state index in [4.69, 9.17) is 4.74 Å². The summed E-state index contributed by atoms with van der Waals surface area (Å²) in [6.45, 7) is 10.8. The number of rotatable bonds is 6. The molecule has 0 spiro atoms. The monoisotopic (exact) mass is 257 g/mol. The van der Waals surface area contributed by atoms with Crippen molar-refractivity contribution < 1.29 is 4.74 Å². The molecular formula is C14H31N3O. The minimum atomic E-state index is 0.637. The van der Waals surface area contributed by atoms with Crippen molar-refractivity contribution in [2.45, 2.75) is 38.8 Å². The van der Waals surface area contributed by atoms with Gasteiger partial charge in [0.25, 0.3) is 0 Å². The van der Waals surface area contributed by atoms with E-state index in [1.807, 2.05) is 0 Å². The molecule has 0 aromatic rings. The molecule has 0 amide bonds. The number of nitrogens with zero attached hydrogens (tertiary/aromatic N) is 2. The summed E-state index contributed by atoms with van der Waals surface area (Å²) in [5.41, 5.74) is 0. The fourth-order valence-corrected chi connectivity index (χ4v) is 2.28. The molecular weight excluding hydrogens is 226 g/mol. The third-order valence-electron chi connectivity index (χ3n) is 3.56. The molecule has 1 aliphatic heterocycles. The van der Waals surface area contributed by atoms with Crippen LogP contribution >= 0.6 is 0 Å². The van der Waals surface area contributed by atoms with Crippen molar-refractivity contribution in [1.82, 2.24) is 15.1 Å². The minimum absolute atomic E-state index is 0.637. The first kappa shape index (κ1) is 15.9. The van der Waals surface area contributed by atoms with Gasteiger partial charge in [-0.25, -0.2) is 0 Å². The molecule has 2 atom stereocenters. The van der Waals surface area contributed by atoms with E-state index in [9.17, 15) is 0 Å². The van der Waals surface area contributed by atoms with Crippen molar-refractivity contribution in [3.05, 3.63) is 0 Å². The number of nitrogens with one attached hydrogen (secondary N) is 1. The zero-order valence-corrected chi connectivity index (χ0v) is 12.6. The predicted octanol–water partition coefficient (Wildman–Crippen LogP) is 1.03. The lowest BCUT2D eigenvalue weighted by Crippen LogP contribution is -2.43. The lowest BCUT2D eigenvalue weighted by atomic mass is 10.1. The van der Waals surface area contributed by atoms with Crippen LogP contribution in [0, 0.1) is 0 Å². The highest BCUT2D eigenvalue weighted by molar-refractivity contribution is 4.74. The highest BCUT2D eigenvalue weighted by atomic mass is 16.5.